The largest absolute Gasteiger partial charge is 0.359 e. The number of hydrogen-bond acceptors (Lipinski definition) is 2. The van der Waals surface area contributed by atoms with Crippen molar-refractivity contribution in [1.82, 2.24) is 5.32 Å². The highest BCUT2D eigenvalue weighted by Crippen LogP contribution is 2.62. The Morgan fingerprint density at radius 1 is 1.28 bits per heavy atom. The Morgan fingerprint density at radius 3 is 2.88 bits per heavy atom. The van der Waals surface area contributed by atoms with E-state index in [0.717, 1.165) is 25.7 Å². The van der Waals surface area contributed by atoms with Crippen molar-refractivity contribution in [1.29, 1.82) is 0 Å². The van der Waals surface area contributed by atoms with Crippen LogP contribution in [-0.2, 0) is 16.0 Å². The monoisotopic (exact) mass is 339 g/mol. The van der Waals surface area contributed by atoms with E-state index in [2.05, 4.69) is 36.5 Å². The lowest BCUT2D eigenvalue weighted by Gasteiger charge is -2.50. The molecular weight excluding hydrogens is 310 g/mol. The topological polar surface area (TPSA) is 46.2 Å². The van der Waals surface area contributed by atoms with E-state index in [1.54, 1.807) is 7.05 Å². The van der Waals surface area contributed by atoms with Gasteiger partial charge in [-0.2, -0.15) is 0 Å². The number of nitrogens with one attached hydrogen (secondary N) is 1. The lowest BCUT2D eigenvalue weighted by molar-refractivity contribution is -0.129. The third kappa shape index (κ3) is 2.63. The lowest BCUT2D eigenvalue weighted by atomic mass is 9.54. The molecule has 1 amide bonds. The summed E-state index contributed by atoms with van der Waals surface area (Å²) in [6.45, 7) is 2.22. The SMILES string of the molecule is CNC(=O)CC[C@@H]1CC(=O)[C@@]2(C)CCC3c4ccccc4CCC3C12. The zero-order valence-corrected chi connectivity index (χ0v) is 15.4. The van der Waals surface area contributed by atoms with Crippen molar-refractivity contribution >= 4 is 11.7 Å². The van der Waals surface area contributed by atoms with Crippen molar-refractivity contribution < 1.29 is 9.59 Å². The van der Waals surface area contributed by atoms with Crippen LogP contribution in [0.15, 0.2) is 24.3 Å². The second-order valence-electron chi connectivity index (χ2n) is 8.59. The molecule has 4 rings (SSSR count). The fourth-order valence-corrected chi connectivity index (χ4v) is 6.29. The van der Waals surface area contributed by atoms with Crippen LogP contribution in [0.5, 0.6) is 0 Å². The molecule has 2 fully saturated rings. The van der Waals surface area contributed by atoms with Crippen molar-refractivity contribution in [2.45, 2.75) is 57.8 Å². The van der Waals surface area contributed by atoms with Gasteiger partial charge in [0.25, 0.3) is 0 Å². The van der Waals surface area contributed by atoms with Crippen molar-refractivity contribution in [3.63, 3.8) is 0 Å². The van der Waals surface area contributed by atoms with Crippen LogP contribution in [-0.4, -0.2) is 18.7 Å². The molecule has 1 N–H and O–H groups in total. The molecule has 3 nitrogen and oxygen atoms in total. The number of rotatable bonds is 3. The van der Waals surface area contributed by atoms with Crippen molar-refractivity contribution in [3.05, 3.63) is 35.4 Å². The molecule has 0 saturated heterocycles. The van der Waals surface area contributed by atoms with Gasteiger partial charge in [-0.15, -0.1) is 0 Å². The minimum atomic E-state index is -0.152. The van der Waals surface area contributed by atoms with E-state index in [4.69, 9.17) is 0 Å². The Balaban J connectivity index is 1.63. The zero-order chi connectivity index (χ0) is 17.6. The van der Waals surface area contributed by atoms with E-state index in [9.17, 15) is 9.59 Å². The van der Waals surface area contributed by atoms with Crippen molar-refractivity contribution in [2.24, 2.45) is 23.2 Å². The first kappa shape index (κ1) is 16.8. The summed E-state index contributed by atoms with van der Waals surface area (Å²) in [5.74, 6) is 2.61. The van der Waals surface area contributed by atoms with Crippen LogP contribution in [0.3, 0.4) is 0 Å². The van der Waals surface area contributed by atoms with E-state index in [0.29, 0.717) is 42.3 Å². The van der Waals surface area contributed by atoms with Gasteiger partial charge in [0.1, 0.15) is 5.78 Å². The highest BCUT2D eigenvalue weighted by Gasteiger charge is 2.58. The van der Waals surface area contributed by atoms with Crippen LogP contribution in [0.4, 0.5) is 0 Å². The van der Waals surface area contributed by atoms with Crippen LogP contribution < -0.4 is 5.32 Å². The van der Waals surface area contributed by atoms with Crippen LogP contribution in [0.25, 0.3) is 0 Å². The number of amides is 1. The van der Waals surface area contributed by atoms with Gasteiger partial charge in [-0.05, 0) is 66.9 Å². The summed E-state index contributed by atoms with van der Waals surface area (Å²) >= 11 is 0. The molecule has 1 aromatic rings. The number of carbonyl (C=O) groups excluding carboxylic acids is 2. The number of ketones is 1. The summed E-state index contributed by atoms with van der Waals surface area (Å²) in [5, 5.41) is 2.73. The van der Waals surface area contributed by atoms with E-state index >= 15 is 0 Å². The van der Waals surface area contributed by atoms with Gasteiger partial charge in [-0.3, -0.25) is 9.59 Å². The Kier molecular flexibility index (Phi) is 4.21. The molecule has 3 heteroatoms. The normalized spacial score (nSPS) is 36.3. The molecule has 25 heavy (non-hydrogen) atoms. The second kappa shape index (κ2) is 6.26. The molecule has 3 aliphatic carbocycles. The van der Waals surface area contributed by atoms with E-state index in [1.165, 1.54) is 17.5 Å². The van der Waals surface area contributed by atoms with Gasteiger partial charge >= 0.3 is 0 Å². The molecule has 3 unspecified atom stereocenters. The van der Waals surface area contributed by atoms with Crippen LogP contribution in [0.2, 0.25) is 0 Å². The van der Waals surface area contributed by atoms with Crippen LogP contribution in [0, 0.1) is 23.2 Å². The predicted octanol–water partition coefficient (Wildman–Crippen LogP) is 3.86. The average molecular weight is 339 g/mol. The first-order chi connectivity index (χ1) is 12.0. The van der Waals surface area contributed by atoms with E-state index in [-0.39, 0.29) is 11.3 Å². The molecule has 0 spiro atoms. The maximum Gasteiger partial charge on any atom is 0.219 e. The van der Waals surface area contributed by atoms with E-state index < -0.39 is 0 Å². The molecule has 3 aliphatic rings. The van der Waals surface area contributed by atoms with Gasteiger partial charge in [0.2, 0.25) is 5.91 Å². The highest BCUT2D eigenvalue weighted by molar-refractivity contribution is 5.88. The van der Waals surface area contributed by atoms with Gasteiger partial charge in [0.05, 0.1) is 0 Å². The van der Waals surface area contributed by atoms with Gasteiger partial charge in [-0.1, -0.05) is 31.2 Å². The fraction of sp³-hybridized carbons (Fsp3) is 0.636. The molecular formula is C22H29NO2. The molecule has 2 saturated carbocycles. The standard InChI is InChI=1S/C22H29NO2/c1-22-12-11-17-16-6-4-3-5-14(16)7-9-18(17)21(22)15(13-19(22)24)8-10-20(25)23-2/h3-6,15,17-18,21H,7-13H2,1-2H3,(H,23,25)/t15-,17?,18?,21?,22-/m1/s1. The number of fused-ring (bicyclic) bond motifs is 5. The Morgan fingerprint density at radius 2 is 2.08 bits per heavy atom. The van der Waals surface area contributed by atoms with Gasteiger partial charge in [0, 0.05) is 25.3 Å². The minimum absolute atomic E-state index is 0.0994. The second-order valence-corrected chi connectivity index (χ2v) is 8.59. The summed E-state index contributed by atoms with van der Waals surface area (Å²) in [5.41, 5.74) is 2.89. The number of aryl methyl sites for hydroxylation is 1. The zero-order valence-electron chi connectivity index (χ0n) is 15.4. The third-order valence-electron chi connectivity index (χ3n) is 7.50. The number of benzene rings is 1. The smallest absolute Gasteiger partial charge is 0.219 e. The first-order valence-corrected chi connectivity index (χ1v) is 9.86. The molecule has 1 aromatic carbocycles. The molecule has 0 bridgehead atoms. The molecule has 0 aliphatic heterocycles. The molecule has 134 valence electrons. The first-order valence-electron chi connectivity index (χ1n) is 9.86. The van der Waals surface area contributed by atoms with Gasteiger partial charge in [0.15, 0.2) is 0 Å². The lowest BCUT2D eigenvalue weighted by Crippen LogP contribution is -2.44. The summed E-state index contributed by atoms with van der Waals surface area (Å²) in [4.78, 5) is 24.6. The highest BCUT2D eigenvalue weighted by atomic mass is 16.1. The summed E-state index contributed by atoms with van der Waals surface area (Å²) in [6, 6.07) is 8.91. The Labute approximate surface area is 150 Å². The maximum absolute atomic E-state index is 12.9. The molecule has 0 aromatic heterocycles. The fourth-order valence-electron chi connectivity index (χ4n) is 6.29. The Bertz CT molecular complexity index is 697. The number of Topliss-reactive ketones (excluding diaryl/α,β-unsaturated/α-hetero) is 1. The van der Waals surface area contributed by atoms with Gasteiger partial charge in [-0.25, -0.2) is 0 Å². The molecule has 5 atom stereocenters. The van der Waals surface area contributed by atoms with Crippen molar-refractivity contribution in [3.8, 4) is 0 Å². The van der Waals surface area contributed by atoms with Crippen LogP contribution >= 0.6 is 0 Å². The average Bonchev–Trinajstić information content (AvgIpc) is 2.90. The Hall–Kier alpha value is -1.64. The predicted molar refractivity (Wildman–Crippen MR) is 98.2 cm³/mol. The number of hydrogen-bond donors (Lipinski definition) is 1. The maximum atomic E-state index is 12.9. The summed E-state index contributed by atoms with van der Waals surface area (Å²) in [7, 11) is 1.70. The van der Waals surface area contributed by atoms with Crippen molar-refractivity contribution in [2.75, 3.05) is 7.05 Å². The summed E-state index contributed by atoms with van der Waals surface area (Å²) < 4.78 is 0. The minimum Gasteiger partial charge on any atom is -0.359 e. The molecule has 0 radical (unpaired) electrons. The summed E-state index contributed by atoms with van der Waals surface area (Å²) in [6.07, 6.45) is 6.59. The number of carbonyl (C=O) groups is 2. The quantitative estimate of drug-likeness (QED) is 0.909. The molecule has 0 heterocycles. The van der Waals surface area contributed by atoms with Crippen LogP contribution in [0.1, 0.15) is 62.5 Å². The van der Waals surface area contributed by atoms with E-state index in [1.807, 2.05) is 0 Å². The third-order valence-corrected chi connectivity index (χ3v) is 7.50. The van der Waals surface area contributed by atoms with Gasteiger partial charge < -0.3 is 5.32 Å².